The molecule has 0 radical (unpaired) electrons. The van der Waals surface area contributed by atoms with Crippen LogP contribution in [0, 0.1) is 11.2 Å². The topological polar surface area (TPSA) is 66.5 Å². The molecular formula is C12H8BrFN2O3. The first-order valence-corrected chi connectivity index (χ1v) is 6.40. The Kier molecular flexibility index (Phi) is 2.50. The Morgan fingerprint density at radius 2 is 1.95 bits per heavy atom. The van der Waals surface area contributed by atoms with Gasteiger partial charge in [0.2, 0.25) is 5.91 Å². The molecule has 0 aromatic heterocycles. The van der Waals surface area contributed by atoms with Crippen molar-refractivity contribution in [3.63, 3.8) is 0 Å². The largest absolute Gasteiger partial charge is 0.335 e. The van der Waals surface area contributed by atoms with Crippen molar-refractivity contribution in [2.75, 3.05) is 4.90 Å². The first-order valence-electron chi connectivity index (χ1n) is 5.61. The van der Waals surface area contributed by atoms with Crippen molar-refractivity contribution in [1.29, 1.82) is 0 Å². The van der Waals surface area contributed by atoms with Crippen LogP contribution in [-0.4, -0.2) is 17.8 Å². The molecule has 1 spiro atoms. The van der Waals surface area contributed by atoms with Crippen molar-refractivity contribution in [1.82, 2.24) is 5.32 Å². The fourth-order valence-electron chi connectivity index (χ4n) is 2.10. The molecule has 1 saturated heterocycles. The van der Waals surface area contributed by atoms with Crippen LogP contribution < -0.4 is 10.2 Å². The van der Waals surface area contributed by atoms with Crippen LogP contribution in [0.4, 0.5) is 14.9 Å². The van der Waals surface area contributed by atoms with Gasteiger partial charge in [0.1, 0.15) is 11.2 Å². The number of halogens is 2. The quantitative estimate of drug-likeness (QED) is 0.802. The molecule has 19 heavy (non-hydrogen) atoms. The number of carbonyl (C=O) groups is 3. The van der Waals surface area contributed by atoms with Gasteiger partial charge in [0.25, 0.3) is 5.91 Å². The molecule has 5 nitrogen and oxygen atoms in total. The van der Waals surface area contributed by atoms with Gasteiger partial charge >= 0.3 is 6.03 Å². The average molecular weight is 327 g/mol. The van der Waals surface area contributed by atoms with Gasteiger partial charge in [-0.3, -0.25) is 14.9 Å². The number of urea groups is 1. The lowest BCUT2D eigenvalue weighted by Crippen LogP contribution is -2.59. The van der Waals surface area contributed by atoms with Gasteiger partial charge < -0.3 is 0 Å². The van der Waals surface area contributed by atoms with Gasteiger partial charge in [0, 0.05) is 0 Å². The lowest BCUT2D eigenvalue weighted by Gasteiger charge is -2.30. The lowest BCUT2D eigenvalue weighted by molar-refractivity contribution is -0.136. The van der Waals surface area contributed by atoms with E-state index in [0.29, 0.717) is 12.8 Å². The molecule has 1 N–H and O–H groups in total. The van der Waals surface area contributed by atoms with Crippen LogP contribution in [0.1, 0.15) is 12.8 Å². The number of anilines is 1. The van der Waals surface area contributed by atoms with Crippen molar-refractivity contribution < 1.29 is 18.8 Å². The maximum Gasteiger partial charge on any atom is 0.335 e. The molecule has 98 valence electrons. The van der Waals surface area contributed by atoms with Crippen LogP contribution in [-0.2, 0) is 9.59 Å². The molecule has 1 aliphatic heterocycles. The summed E-state index contributed by atoms with van der Waals surface area (Å²) in [5.41, 5.74) is -0.871. The van der Waals surface area contributed by atoms with Gasteiger partial charge in [0.15, 0.2) is 0 Å². The van der Waals surface area contributed by atoms with Crippen LogP contribution >= 0.6 is 15.9 Å². The first-order chi connectivity index (χ1) is 8.95. The molecule has 0 atom stereocenters. The second-order valence-electron chi connectivity index (χ2n) is 4.58. The summed E-state index contributed by atoms with van der Waals surface area (Å²) < 4.78 is 13.3. The molecule has 1 aliphatic carbocycles. The number of imide groups is 2. The maximum atomic E-state index is 13.2. The second kappa shape index (κ2) is 3.86. The molecule has 1 heterocycles. The highest BCUT2D eigenvalue weighted by Gasteiger charge is 2.62. The Balaban J connectivity index is 2.03. The summed E-state index contributed by atoms with van der Waals surface area (Å²) in [6.45, 7) is 0. The number of nitrogens with one attached hydrogen (secondary N) is 1. The third kappa shape index (κ3) is 1.68. The van der Waals surface area contributed by atoms with Crippen molar-refractivity contribution in [2.24, 2.45) is 5.41 Å². The van der Waals surface area contributed by atoms with Gasteiger partial charge in [-0.25, -0.2) is 14.1 Å². The summed E-state index contributed by atoms with van der Waals surface area (Å²) in [7, 11) is 0. The van der Waals surface area contributed by atoms with Gasteiger partial charge in [-0.15, -0.1) is 0 Å². The van der Waals surface area contributed by atoms with E-state index in [1.807, 2.05) is 0 Å². The normalized spacial score (nSPS) is 20.7. The lowest BCUT2D eigenvalue weighted by atomic mass is 10.0. The molecule has 7 heteroatoms. The monoisotopic (exact) mass is 326 g/mol. The Hall–Kier alpha value is -1.76. The standard InChI is InChI=1S/C12H8BrFN2O3/c13-7-5-6(1-2-8(7)14)16-10(18)12(3-4-12)9(17)15-11(16)19/h1-2,5H,3-4H2,(H,15,17,19). The first kappa shape index (κ1) is 12.3. The molecule has 0 bridgehead atoms. The average Bonchev–Trinajstić information content (AvgIpc) is 3.13. The van der Waals surface area contributed by atoms with Gasteiger partial charge in [-0.05, 0) is 47.0 Å². The molecule has 2 aliphatic rings. The highest BCUT2D eigenvalue weighted by molar-refractivity contribution is 9.10. The fraction of sp³-hybridized carbons (Fsp3) is 0.250. The predicted octanol–water partition coefficient (Wildman–Crippen LogP) is 1.95. The Bertz CT molecular complexity index is 627. The van der Waals surface area contributed by atoms with E-state index in [1.54, 1.807) is 0 Å². The van der Waals surface area contributed by atoms with Crippen LogP contribution in [0.3, 0.4) is 0 Å². The highest BCUT2D eigenvalue weighted by Crippen LogP contribution is 2.49. The Morgan fingerprint density at radius 1 is 1.26 bits per heavy atom. The van der Waals surface area contributed by atoms with Gasteiger partial charge in [-0.2, -0.15) is 0 Å². The summed E-state index contributed by atoms with van der Waals surface area (Å²) in [4.78, 5) is 36.6. The molecule has 1 aromatic carbocycles. The minimum Gasteiger partial charge on any atom is -0.276 e. The summed E-state index contributed by atoms with van der Waals surface area (Å²) in [5.74, 6) is -1.58. The summed E-state index contributed by atoms with van der Waals surface area (Å²) >= 11 is 3.00. The van der Waals surface area contributed by atoms with Crippen LogP contribution in [0.5, 0.6) is 0 Å². The van der Waals surface area contributed by atoms with E-state index in [4.69, 9.17) is 0 Å². The number of rotatable bonds is 1. The second-order valence-corrected chi connectivity index (χ2v) is 5.43. The number of benzene rings is 1. The smallest absolute Gasteiger partial charge is 0.276 e. The van der Waals surface area contributed by atoms with Crippen molar-refractivity contribution in [3.05, 3.63) is 28.5 Å². The number of carbonyl (C=O) groups excluding carboxylic acids is 3. The zero-order valence-corrected chi connectivity index (χ0v) is 11.2. The fourth-order valence-corrected chi connectivity index (χ4v) is 2.47. The van der Waals surface area contributed by atoms with E-state index in [-0.39, 0.29) is 10.2 Å². The van der Waals surface area contributed by atoms with E-state index in [1.165, 1.54) is 12.1 Å². The summed E-state index contributed by atoms with van der Waals surface area (Å²) in [6.07, 6.45) is 0.869. The molecule has 0 unspecified atom stereocenters. The van der Waals surface area contributed by atoms with Crippen molar-refractivity contribution in [3.8, 4) is 0 Å². The van der Waals surface area contributed by atoms with E-state index < -0.39 is 29.1 Å². The van der Waals surface area contributed by atoms with Gasteiger partial charge in [-0.1, -0.05) is 0 Å². The maximum absolute atomic E-state index is 13.2. The van der Waals surface area contributed by atoms with Crippen LogP contribution in [0.25, 0.3) is 0 Å². The molecule has 1 aromatic rings. The van der Waals surface area contributed by atoms with Crippen LogP contribution in [0.2, 0.25) is 0 Å². The minimum atomic E-state index is -1.10. The predicted molar refractivity (Wildman–Crippen MR) is 66.8 cm³/mol. The van der Waals surface area contributed by atoms with Crippen molar-refractivity contribution >= 4 is 39.5 Å². The van der Waals surface area contributed by atoms with E-state index in [2.05, 4.69) is 21.2 Å². The molecule has 1 saturated carbocycles. The summed E-state index contributed by atoms with van der Waals surface area (Å²) in [5, 5.41) is 2.16. The Morgan fingerprint density at radius 3 is 2.53 bits per heavy atom. The third-order valence-electron chi connectivity index (χ3n) is 3.38. The number of barbiturate groups is 1. The van der Waals surface area contributed by atoms with E-state index in [9.17, 15) is 18.8 Å². The number of nitrogens with zero attached hydrogens (tertiary/aromatic N) is 1. The molecule has 4 amide bonds. The summed E-state index contributed by atoms with van der Waals surface area (Å²) in [6, 6.07) is 3.00. The zero-order chi connectivity index (χ0) is 13.8. The minimum absolute atomic E-state index is 0.146. The van der Waals surface area contributed by atoms with E-state index in [0.717, 1.165) is 11.0 Å². The Labute approximate surface area is 115 Å². The molecular weight excluding hydrogens is 319 g/mol. The van der Waals surface area contributed by atoms with Crippen molar-refractivity contribution in [2.45, 2.75) is 12.8 Å². The third-order valence-corrected chi connectivity index (χ3v) is 3.99. The number of hydrogen-bond acceptors (Lipinski definition) is 3. The van der Waals surface area contributed by atoms with Gasteiger partial charge in [0.05, 0.1) is 10.2 Å². The number of hydrogen-bond donors (Lipinski definition) is 1. The number of amides is 4. The van der Waals surface area contributed by atoms with Crippen LogP contribution in [0.15, 0.2) is 22.7 Å². The highest BCUT2D eigenvalue weighted by atomic mass is 79.9. The zero-order valence-electron chi connectivity index (χ0n) is 9.57. The SMILES string of the molecule is O=C1NC(=O)C2(CC2)C(=O)N1c1ccc(F)c(Br)c1. The molecule has 2 fully saturated rings. The molecule has 3 rings (SSSR count). The van der Waals surface area contributed by atoms with E-state index >= 15 is 0 Å².